The van der Waals surface area contributed by atoms with Crippen molar-refractivity contribution in [1.82, 2.24) is 4.90 Å². The van der Waals surface area contributed by atoms with E-state index in [1.807, 2.05) is 4.90 Å². The molecule has 0 aliphatic carbocycles. The lowest BCUT2D eigenvalue weighted by atomic mass is 10.0. The van der Waals surface area contributed by atoms with Crippen LogP contribution in [0.3, 0.4) is 0 Å². The lowest BCUT2D eigenvalue weighted by molar-refractivity contribution is -0.132. The summed E-state index contributed by atoms with van der Waals surface area (Å²) in [5.74, 6) is 0.736. The molecule has 1 amide bonds. The van der Waals surface area contributed by atoms with Gasteiger partial charge in [-0.15, -0.1) is 0 Å². The molecule has 112 valence electrons. The molecule has 5 heteroatoms. The van der Waals surface area contributed by atoms with Crippen LogP contribution < -0.4 is 0 Å². The molecular weight excluding hydrogens is 258 g/mol. The summed E-state index contributed by atoms with van der Waals surface area (Å²) in [5.41, 5.74) is 0. The van der Waals surface area contributed by atoms with Crippen LogP contribution in [0.15, 0.2) is 22.8 Å². The maximum atomic E-state index is 12.2. The highest BCUT2D eigenvalue weighted by Gasteiger charge is 2.30. The Hall–Kier alpha value is -1.33. The Morgan fingerprint density at radius 2 is 2.50 bits per heavy atom. The molecule has 0 saturated carbocycles. The van der Waals surface area contributed by atoms with Gasteiger partial charge in [-0.3, -0.25) is 4.79 Å². The van der Waals surface area contributed by atoms with Crippen LogP contribution in [-0.4, -0.2) is 42.2 Å². The Morgan fingerprint density at radius 1 is 1.65 bits per heavy atom. The Kier molecular flexibility index (Phi) is 5.61. The van der Waals surface area contributed by atoms with Crippen molar-refractivity contribution >= 4 is 5.91 Å². The number of carbonyl (C=O) groups is 1. The quantitative estimate of drug-likeness (QED) is 0.778. The number of aliphatic hydroxyl groups excluding tert-OH is 1. The fraction of sp³-hybridized carbons (Fsp3) is 0.667. The van der Waals surface area contributed by atoms with Gasteiger partial charge in [0, 0.05) is 39.1 Å². The van der Waals surface area contributed by atoms with E-state index >= 15 is 0 Å². The van der Waals surface area contributed by atoms with E-state index in [-0.39, 0.29) is 11.9 Å². The van der Waals surface area contributed by atoms with Crippen LogP contribution in [0.5, 0.6) is 0 Å². The third-order valence-electron chi connectivity index (χ3n) is 3.80. The maximum absolute atomic E-state index is 12.2. The van der Waals surface area contributed by atoms with Crippen LogP contribution in [0.1, 0.15) is 44.0 Å². The Bertz CT molecular complexity index is 404. The lowest BCUT2D eigenvalue weighted by Crippen LogP contribution is -2.36. The number of likely N-dealkylation sites (tertiary alicyclic amines) is 1. The van der Waals surface area contributed by atoms with Crippen molar-refractivity contribution in [2.75, 3.05) is 20.3 Å². The zero-order chi connectivity index (χ0) is 14.4. The number of amides is 1. The largest absolute Gasteiger partial charge is 0.467 e. The van der Waals surface area contributed by atoms with Gasteiger partial charge in [-0.2, -0.15) is 0 Å². The molecule has 2 atom stereocenters. The molecule has 5 nitrogen and oxygen atoms in total. The normalized spacial score (nSPS) is 20.3. The minimum absolute atomic E-state index is 0.116. The molecule has 1 N–H and O–H groups in total. The van der Waals surface area contributed by atoms with Crippen LogP contribution in [0.4, 0.5) is 0 Å². The summed E-state index contributed by atoms with van der Waals surface area (Å²) in [4.78, 5) is 14.1. The second-order valence-electron chi connectivity index (χ2n) is 5.25. The second kappa shape index (κ2) is 7.45. The van der Waals surface area contributed by atoms with Crippen molar-refractivity contribution in [1.29, 1.82) is 0 Å². The minimum Gasteiger partial charge on any atom is -0.467 e. The van der Waals surface area contributed by atoms with E-state index in [4.69, 9.17) is 9.15 Å². The number of hydrogen-bond donors (Lipinski definition) is 1. The van der Waals surface area contributed by atoms with E-state index < -0.39 is 6.10 Å². The number of carbonyl (C=O) groups excluding carboxylic acids is 1. The number of nitrogens with zero attached hydrogens (tertiary/aromatic N) is 1. The predicted molar refractivity (Wildman–Crippen MR) is 74.1 cm³/mol. The highest BCUT2D eigenvalue weighted by Crippen LogP contribution is 2.28. The molecule has 2 unspecified atom stereocenters. The van der Waals surface area contributed by atoms with E-state index in [1.54, 1.807) is 25.5 Å². The molecule has 1 saturated heterocycles. The van der Waals surface area contributed by atoms with Gasteiger partial charge in [0.25, 0.3) is 0 Å². The molecule has 1 fully saturated rings. The number of aliphatic hydroxyl groups is 1. The van der Waals surface area contributed by atoms with Gasteiger partial charge in [0.1, 0.15) is 11.9 Å². The fourth-order valence-corrected chi connectivity index (χ4v) is 2.78. The van der Waals surface area contributed by atoms with Gasteiger partial charge in [-0.25, -0.2) is 0 Å². The van der Waals surface area contributed by atoms with Crippen LogP contribution >= 0.6 is 0 Å². The predicted octanol–water partition coefficient (Wildman–Crippen LogP) is 2.12. The number of methoxy groups -OCH3 is 1. The average Bonchev–Trinajstić information content (AvgIpc) is 3.09. The summed E-state index contributed by atoms with van der Waals surface area (Å²) >= 11 is 0. The molecule has 1 aliphatic heterocycles. The highest BCUT2D eigenvalue weighted by atomic mass is 16.5. The standard InChI is InChI=1S/C15H23NO4/c1-19-9-4-7-15(18)16-8-2-5-12(16)11-13(17)14-6-3-10-20-14/h3,6,10,12-13,17H,2,4-5,7-9,11H2,1H3. The smallest absolute Gasteiger partial charge is 0.222 e. The number of rotatable bonds is 7. The van der Waals surface area contributed by atoms with Crippen LogP contribution in [-0.2, 0) is 9.53 Å². The van der Waals surface area contributed by atoms with Crippen molar-refractivity contribution in [3.05, 3.63) is 24.2 Å². The molecule has 2 heterocycles. The average molecular weight is 281 g/mol. The van der Waals surface area contributed by atoms with Gasteiger partial charge in [-0.05, 0) is 31.4 Å². The first-order valence-electron chi connectivity index (χ1n) is 7.22. The van der Waals surface area contributed by atoms with Gasteiger partial charge in [-0.1, -0.05) is 0 Å². The third-order valence-corrected chi connectivity index (χ3v) is 3.80. The van der Waals surface area contributed by atoms with Gasteiger partial charge >= 0.3 is 0 Å². The summed E-state index contributed by atoms with van der Waals surface area (Å²) in [5, 5.41) is 10.1. The van der Waals surface area contributed by atoms with E-state index in [1.165, 1.54) is 0 Å². The zero-order valence-corrected chi connectivity index (χ0v) is 12.0. The van der Waals surface area contributed by atoms with E-state index in [0.717, 1.165) is 25.8 Å². The monoisotopic (exact) mass is 281 g/mol. The third kappa shape index (κ3) is 3.84. The first kappa shape index (κ1) is 15.1. The lowest BCUT2D eigenvalue weighted by Gasteiger charge is -2.26. The first-order valence-corrected chi connectivity index (χ1v) is 7.22. The molecule has 1 aliphatic rings. The van der Waals surface area contributed by atoms with Crippen molar-refractivity contribution in [3.63, 3.8) is 0 Å². The molecule has 0 spiro atoms. The topological polar surface area (TPSA) is 62.9 Å². The zero-order valence-electron chi connectivity index (χ0n) is 12.0. The highest BCUT2D eigenvalue weighted by molar-refractivity contribution is 5.76. The Morgan fingerprint density at radius 3 is 3.20 bits per heavy atom. The van der Waals surface area contributed by atoms with Crippen molar-refractivity contribution in [2.24, 2.45) is 0 Å². The minimum atomic E-state index is -0.637. The summed E-state index contributed by atoms with van der Waals surface area (Å²) in [6, 6.07) is 3.65. The molecule has 2 rings (SSSR count). The molecule has 0 bridgehead atoms. The molecular formula is C15H23NO4. The molecule has 0 radical (unpaired) electrons. The van der Waals surface area contributed by atoms with Crippen molar-refractivity contribution in [2.45, 2.75) is 44.2 Å². The second-order valence-corrected chi connectivity index (χ2v) is 5.25. The molecule has 1 aromatic rings. The maximum Gasteiger partial charge on any atom is 0.222 e. The van der Waals surface area contributed by atoms with Crippen LogP contribution in [0.2, 0.25) is 0 Å². The van der Waals surface area contributed by atoms with Crippen LogP contribution in [0, 0.1) is 0 Å². The fourth-order valence-electron chi connectivity index (χ4n) is 2.78. The first-order chi connectivity index (χ1) is 9.72. The SMILES string of the molecule is COCCCC(=O)N1CCCC1CC(O)c1ccco1. The molecule has 20 heavy (non-hydrogen) atoms. The summed E-state index contributed by atoms with van der Waals surface area (Å²) in [6.45, 7) is 1.40. The van der Waals surface area contributed by atoms with Gasteiger partial charge < -0.3 is 19.2 Å². The molecule has 0 aromatic carbocycles. The van der Waals surface area contributed by atoms with Crippen molar-refractivity contribution in [3.8, 4) is 0 Å². The van der Waals surface area contributed by atoms with Crippen molar-refractivity contribution < 1.29 is 19.1 Å². The Balaban J connectivity index is 1.85. The number of hydrogen-bond acceptors (Lipinski definition) is 4. The van der Waals surface area contributed by atoms with E-state index in [2.05, 4.69) is 0 Å². The van der Waals surface area contributed by atoms with Gasteiger partial charge in [0.15, 0.2) is 0 Å². The number of ether oxygens (including phenoxy) is 1. The summed E-state index contributed by atoms with van der Waals surface area (Å²) in [6.07, 6.45) is 4.69. The van der Waals surface area contributed by atoms with E-state index in [0.29, 0.717) is 25.2 Å². The van der Waals surface area contributed by atoms with E-state index in [9.17, 15) is 9.90 Å². The Labute approximate surface area is 119 Å². The van der Waals surface area contributed by atoms with Gasteiger partial charge in [0.2, 0.25) is 5.91 Å². The summed E-state index contributed by atoms with van der Waals surface area (Å²) < 4.78 is 10.2. The number of furan rings is 1. The molecule has 1 aromatic heterocycles. The van der Waals surface area contributed by atoms with Gasteiger partial charge in [0.05, 0.1) is 6.26 Å². The van der Waals surface area contributed by atoms with Crippen LogP contribution in [0.25, 0.3) is 0 Å². The summed E-state index contributed by atoms with van der Waals surface area (Å²) in [7, 11) is 1.64.